The van der Waals surface area contributed by atoms with Crippen molar-refractivity contribution >= 4 is 33.2 Å². The lowest BCUT2D eigenvalue weighted by Gasteiger charge is -2.35. The number of thiophene rings is 1. The molecule has 0 atom stereocenters. The van der Waals surface area contributed by atoms with Gasteiger partial charge < -0.3 is 4.90 Å². The van der Waals surface area contributed by atoms with Gasteiger partial charge in [-0.05, 0) is 67.7 Å². The van der Waals surface area contributed by atoms with E-state index in [1.165, 1.54) is 21.5 Å². The highest BCUT2D eigenvalue weighted by atomic mass is 79.9. The van der Waals surface area contributed by atoms with Crippen LogP contribution in [0.2, 0.25) is 0 Å². The van der Waals surface area contributed by atoms with Crippen LogP contribution in [0.1, 0.15) is 60.6 Å². The topological polar surface area (TPSA) is 41.4 Å². The SMILES string of the molecule is CC(C)(C)n1nc(C2CC2)cc1C(=O)N1CCN(Cc2ccc(Br)s2)CC1. The average molecular weight is 451 g/mol. The number of carbonyl (C=O) groups is 1. The van der Waals surface area contributed by atoms with Crippen LogP contribution in [0.15, 0.2) is 22.0 Å². The van der Waals surface area contributed by atoms with Gasteiger partial charge in [0.15, 0.2) is 0 Å². The van der Waals surface area contributed by atoms with Crippen LogP contribution < -0.4 is 0 Å². The predicted octanol–water partition coefficient (Wildman–Crippen LogP) is 4.30. The summed E-state index contributed by atoms with van der Waals surface area (Å²) in [6, 6.07) is 6.32. The molecule has 2 aromatic rings. The third-order valence-electron chi connectivity index (χ3n) is 5.25. The van der Waals surface area contributed by atoms with Gasteiger partial charge in [0.25, 0.3) is 5.91 Å². The van der Waals surface area contributed by atoms with Crippen molar-refractivity contribution in [2.24, 2.45) is 0 Å². The number of halogens is 1. The zero-order valence-electron chi connectivity index (χ0n) is 16.2. The summed E-state index contributed by atoms with van der Waals surface area (Å²) < 4.78 is 3.12. The molecular weight excluding hydrogens is 424 g/mol. The Hall–Kier alpha value is -1.18. The molecule has 1 saturated carbocycles. The molecule has 3 heterocycles. The second-order valence-corrected chi connectivity index (χ2v) is 11.1. The highest BCUT2D eigenvalue weighted by molar-refractivity contribution is 9.11. The Bertz CT molecular complexity index is 825. The molecular formula is C20H27BrN4OS. The first-order valence-electron chi connectivity index (χ1n) is 9.67. The molecule has 7 heteroatoms. The van der Waals surface area contributed by atoms with Crippen LogP contribution in [0.4, 0.5) is 0 Å². The van der Waals surface area contributed by atoms with Gasteiger partial charge in [0.05, 0.1) is 15.0 Å². The van der Waals surface area contributed by atoms with Crippen molar-refractivity contribution in [3.63, 3.8) is 0 Å². The molecule has 2 aliphatic rings. The van der Waals surface area contributed by atoms with Gasteiger partial charge >= 0.3 is 0 Å². The van der Waals surface area contributed by atoms with Crippen molar-refractivity contribution in [2.75, 3.05) is 26.2 Å². The summed E-state index contributed by atoms with van der Waals surface area (Å²) in [5.74, 6) is 0.685. The van der Waals surface area contributed by atoms with Gasteiger partial charge in [0.2, 0.25) is 0 Å². The van der Waals surface area contributed by atoms with Crippen molar-refractivity contribution < 1.29 is 4.79 Å². The Morgan fingerprint density at radius 3 is 2.48 bits per heavy atom. The van der Waals surface area contributed by atoms with E-state index in [2.05, 4.69) is 53.7 Å². The molecule has 0 unspecified atom stereocenters. The highest BCUT2D eigenvalue weighted by Gasteiger charge is 2.33. The Morgan fingerprint density at radius 1 is 1.22 bits per heavy atom. The zero-order chi connectivity index (χ0) is 19.2. The molecule has 0 bridgehead atoms. The minimum absolute atomic E-state index is 0.128. The molecule has 1 aliphatic carbocycles. The molecule has 1 saturated heterocycles. The van der Waals surface area contributed by atoms with Crippen LogP contribution in [0, 0.1) is 0 Å². The first-order valence-corrected chi connectivity index (χ1v) is 11.3. The fourth-order valence-electron chi connectivity index (χ4n) is 3.57. The molecule has 0 radical (unpaired) electrons. The molecule has 2 aromatic heterocycles. The molecule has 2 fully saturated rings. The number of amides is 1. The highest BCUT2D eigenvalue weighted by Crippen LogP contribution is 2.40. The Labute approximate surface area is 173 Å². The molecule has 1 aliphatic heterocycles. The van der Waals surface area contributed by atoms with Gasteiger partial charge in [-0.3, -0.25) is 14.4 Å². The largest absolute Gasteiger partial charge is 0.335 e. The maximum Gasteiger partial charge on any atom is 0.272 e. The van der Waals surface area contributed by atoms with Crippen molar-refractivity contribution in [2.45, 2.75) is 51.6 Å². The minimum Gasteiger partial charge on any atom is -0.335 e. The van der Waals surface area contributed by atoms with Crippen LogP contribution in [-0.2, 0) is 12.1 Å². The van der Waals surface area contributed by atoms with E-state index in [9.17, 15) is 4.79 Å². The first kappa shape index (κ1) is 19.2. The lowest BCUT2D eigenvalue weighted by atomic mass is 10.1. The molecule has 5 nitrogen and oxygen atoms in total. The summed E-state index contributed by atoms with van der Waals surface area (Å²) in [4.78, 5) is 19.0. The first-order chi connectivity index (χ1) is 12.8. The number of hydrogen-bond donors (Lipinski definition) is 0. The predicted molar refractivity (Wildman–Crippen MR) is 112 cm³/mol. The molecule has 1 amide bonds. The number of hydrogen-bond acceptors (Lipinski definition) is 4. The standard InChI is InChI=1S/C20H27BrN4OS/c1-20(2,3)25-17(12-16(22-25)14-4-5-14)19(26)24-10-8-23(9-11-24)13-15-6-7-18(21)27-15/h6-7,12,14H,4-5,8-11,13H2,1-3H3. The zero-order valence-corrected chi connectivity index (χ0v) is 18.6. The molecule has 4 rings (SSSR count). The van der Waals surface area contributed by atoms with E-state index in [0.29, 0.717) is 5.92 Å². The Balaban J connectivity index is 1.43. The fourth-order valence-corrected chi connectivity index (χ4v) is 5.10. The van der Waals surface area contributed by atoms with Crippen molar-refractivity contribution in [3.05, 3.63) is 38.3 Å². The quantitative estimate of drug-likeness (QED) is 0.696. The Morgan fingerprint density at radius 2 is 1.93 bits per heavy atom. The van der Waals surface area contributed by atoms with E-state index in [-0.39, 0.29) is 11.4 Å². The number of piperazine rings is 1. The van der Waals surface area contributed by atoms with E-state index >= 15 is 0 Å². The van der Waals surface area contributed by atoms with E-state index in [0.717, 1.165) is 44.1 Å². The minimum atomic E-state index is -0.188. The maximum absolute atomic E-state index is 13.2. The monoisotopic (exact) mass is 450 g/mol. The molecule has 0 N–H and O–H groups in total. The van der Waals surface area contributed by atoms with Gasteiger partial charge in [0, 0.05) is 43.5 Å². The van der Waals surface area contributed by atoms with Crippen LogP contribution in [0.5, 0.6) is 0 Å². The molecule has 0 aromatic carbocycles. The lowest BCUT2D eigenvalue weighted by molar-refractivity contribution is 0.0610. The fraction of sp³-hybridized carbons (Fsp3) is 0.600. The normalized spacial score (nSPS) is 18.9. The van der Waals surface area contributed by atoms with Gasteiger partial charge in [-0.25, -0.2) is 0 Å². The third-order valence-corrected chi connectivity index (χ3v) is 6.85. The summed E-state index contributed by atoms with van der Waals surface area (Å²) in [5.41, 5.74) is 1.65. The average Bonchev–Trinajstić information content (AvgIpc) is 3.23. The second-order valence-electron chi connectivity index (χ2n) is 8.59. The second kappa shape index (κ2) is 7.33. The van der Waals surface area contributed by atoms with Crippen LogP contribution >= 0.6 is 27.3 Å². The van der Waals surface area contributed by atoms with E-state index in [1.807, 2.05) is 15.6 Å². The number of carbonyl (C=O) groups excluding carboxylic acids is 1. The summed E-state index contributed by atoms with van der Waals surface area (Å²) in [6.07, 6.45) is 2.40. The summed E-state index contributed by atoms with van der Waals surface area (Å²) in [5, 5.41) is 4.79. The van der Waals surface area contributed by atoms with Crippen LogP contribution in [0.25, 0.3) is 0 Å². The maximum atomic E-state index is 13.2. The lowest BCUT2D eigenvalue weighted by Crippen LogP contribution is -2.49. The van der Waals surface area contributed by atoms with Crippen LogP contribution in [0.3, 0.4) is 0 Å². The van der Waals surface area contributed by atoms with Gasteiger partial charge in [-0.1, -0.05) is 0 Å². The van der Waals surface area contributed by atoms with E-state index < -0.39 is 0 Å². The Kier molecular flexibility index (Phi) is 5.20. The van der Waals surface area contributed by atoms with Crippen LogP contribution in [-0.4, -0.2) is 51.7 Å². The van der Waals surface area contributed by atoms with Crippen molar-refractivity contribution in [1.29, 1.82) is 0 Å². The van der Waals surface area contributed by atoms with Crippen molar-refractivity contribution in [1.82, 2.24) is 19.6 Å². The van der Waals surface area contributed by atoms with Gasteiger partial charge in [-0.15, -0.1) is 11.3 Å². The number of nitrogens with zero attached hydrogens (tertiary/aromatic N) is 4. The van der Waals surface area contributed by atoms with Gasteiger partial charge in [0.1, 0.15) is 5.69 Å². The summed E-state index contributed by atoms with van der Waals surface area (Å²) in [6.45, 7) is 10.7. The van der Waals surface area contributed by atoms with E-state index in [1.54, 1.807) is 11.3 Å². The van der Waals surface area contributed by atoms with E-state index in [4.69, 9.17) is 5.10 Å². The summed E-state index contributed by atoms with van der Waals surface area (Å²) in [7, 11) is 0. The molecule has 0 spiro atoms. The van der Waals surface area contributed by atoms with Crippen molar-refractivity contribution in [3.8, 4) is 0 Å². The third kappa shape index (κ3) is 4.30. The molecule has 146 valence electrons. The smallest absolute Gasteiger partial charge is 0.272 e. The number of aromatic nitrogens is 2. The van der Waals surface area contributed by atoms with Gasteiger partial charge in [-0.2, -0.15) is 5.10 Å². The molecule has 27 heavy (non-hydrogen) atoms. The number of rotatable bonds is 4. The summed E-state index contributed by atoms with van der Waals surface area (Å²) >= 11 is 5.31.